The summed E-state index contributed by atoms with van der Waals surface area (Å²) in [5, 5.41) is 3.13. The number of sulfonamides is 1. The maximum Gasteiger partial charge on any atom is 0.246 e. The van der Waals surface area contributed by atoms with Gasteiger partial charge in [-0.05, 0) is 43.9 Å². The number of hydrogen-bond donors (Lipinski definition) is 1. The van der Waals surface area contributed by atoms with E-state index in [-0.39, 0.29) is 35.1 Å². The molecule has 1 saturated heterocycles. The predicted molar refractivity (Wildman–Crippen MR) is 104 cm³/mol. The minimum absolute atomic E-state index is 0.0713. The molecule has 1 amide bonds. The number of ether oxygens (including phenoxy) is 1. The van der Waals surface area contributed by atoms with Gasteiger partial charge in [0.25, 0.3) is 0 Å². The van der Waals surface area contributed by atoms with Gasteiger partial charge in [-0.25, -0.2) is 12.8 Å². The molecule has 0 aromatic heterocycles. The molecule has 2 fully saturated rings. The second-order valence-electron chi connectivity index (χ2n) is 7.69. The van der Waals surface area contributed by atoms with Crippen LogP contribution in [0.15, 0.2) is 23.1 Å². The van der Waals surface area contributed by atoms with Crippen LogP contribution in [0, 0.1) is 11.7 Å². The lowest BCUT2D eigenvalue weighted by atomic mass is 9.97. The third-order valence-corrected chi connectivity index (χ3v) is 7.59. The molecule has 1 aromatic carbocycles. The van der Waals surface area contributed by atoms with Gasteiger partial charge in [0.1, 0.15) is 16.5 Å². The Morgan fingerprint density at radius 2 is 1.86 bits per heavy atom. The maximum atomic E-state index is 13.7. The standard InChI is InChI=1S/C20H29FN2O4S/c1-27-18-11-10-16(21)13-19(18)28(25,26)23-12-6-7-15(14-23)20(24)22-17-8-4-2-3-5-9-17/h10-11,13,15,17H,2-9,12,14H2,1H3,(H,22,24)/t15-/m0/s1. The van der Waals surface area contributed by atoms with Crippen molar-refractivity contribution in [3.63, 3.8) is 0 Å². The Morgan fingerprint density at radius 1 is 1.14 bits per heavy atom. The van der Waals surface area contributed by atoms with Crippen LogP contribution in [-0.4, -0.2) is 44.9 Å². The Kier molecular flexibility index (Phi) is 6.93. The first kappa shape index (κ1) is 21.0. The van der Waals surface area contributed by atoms with E-state index in [4.69, 9.17) is 4.74 Å². The van der Waals surface area contributed by atoms with Crippen LogP contribution in [0.5, 0.6) is 5.75 Å². The predicted octanol–water partition coefficient (Wildman–Crippen LogP) is 3.07. The average molecular weight is 413 g/mol. The van der Waals surface area contributed by atoms with Crippen molar-refractivity contribution in [3.8, 4) is 5.75 Å². The minimum atomic E-state index is -3.94. The molecule has 1 N–H and O–H groups in total. The molecule has 0 spiro atoms. The Morgan fingerprint density at radius 3 is 2.54 bits per heavy atom. The Hall–Kier alpha value is -1.67. The molecule has 2 aliphatic rings. The summed E-state index contributed by atoms with van der Waals surface area (Å²) in [6, 6.07) is 3.63. The summed E-state index contributed by atoms with van der Waals surface area (Å²) in [6.45, 7) is 0.426. The van der Waals surface area contributed by atoms with Crippen molar-refractivity contribution >= 4 is 15.9 Å². The third-order valence-electron chi connectivity index (χ3n) is 5.70. The molecule has 1 saturated carbocycles. The molecule has 1 aliphatic carbocycles. The van der Waals surface area contributed by atoms with Crippen molar-refractivity contribution in [2.45, 2.75) is 62.3 Å². The van der Waals surface area contributed by atoms with Crippen molar-refractivity contribution in [3.05, 3.63) is 24.0 Å². The molecule has 0 bridgehead atoms. The van der Waals surface area contributed by atoms with Gasteiger partial charge in [-0.1, -0.05) is 25.7 Å². The van der Waals surface area contributed by atoms with E-state index < -0.39 is 15.8 Å². The number of methoxy groups -OCH3 is 1. The summed E-state index contributed by atoms with van der Waals surface area (Å²) >= 11 is 0. The van der Waals surface area contributed by atoms with Crippen LogP contribution in [0.1, 0.15) is 51.4 Å². The molecule has 6 nitrogen and oxygen atoms in total. The van der Waals surface area contributed by atoms with E-state index in [1.807, 2.05) is 0 Å². The zero-order chi connectivity index (χ0) is 20.1. The Labute approximate surface area is 166 Å². The van der Waals surface area contributed by atoms with Gasteiger partial charge in [0.15, 0.2) is 0 Å². The number of nitrogens with one attached hydrogen (secondary N) is 1. The molecule has 8 heteroatoms. The molecular formula is C20H29FN2O4S. The fourth-order valence-electron chi connectivity index (χ4n) is 4.11. The lowest BCUT2D eigenvalue weighted by Crippen LogP contribution is -2.47. The first-order chi connectivity index (χ1) is 13.4. The fourth-order valence-corrected chi connectivity index (χ4v) is 5.80. The monoisotopic (exact) mass is 412 g/mol. The minimum Gasteiger partial charge on any atom is -0.495 e. The zero-order valence-corrected chi connectivity index (χ0v) is 17.1. The number of rotatable bonds is 5. The molecule has 28 heavy (non-hydrogen) atoms. The van der Waals surface area contributed by atoms with Crippen molar-refractivity contribution in [1.29, 1.82) is 0 Å². The molecule has 1 atom stereocenters. The summed E-state index contributed by atoms with van der Waals surface area (Å²) in [4.78, 5) is 12.6. The number of hydrogen-bond acceptors (Lipinski definition) is 4. The second-order valence-corrected chi connectivity index (χ2v) is 9.60. The molecule has 1 aliphatic heterocycles. The van der Waals surface area contributed by atoms with Gasteiger partial charge in [-0.3, -0.25) is 4.79 Å². The van der Waals surface area contributed by atoms with Crippen LogP contribution >= 0.6 is 0 Å². The van der Waals surface area contributed by atoms with Crippen molar-refractivity contribution in [2.24, 2.45) is 5.92 Å². The fraction of sp³-hybridized carbons (Fsp3) is 0.650. The van der Waals surface area contributed by atoms with E-state index >= 15 is 0 Å². The number of carbonyl (C=O) groups is 1. The molecule has 0 unspecified atom stereocenters. The highest BCUT2D eigenvalue weighted by molar-refractivity contribution is 7.89. The van der Waals surface area contributed by atoms with Gasteiger partial charge in [-0.2, -0.15) is 4.31 Å². The van der Waals surface area contributed by atoms with Crippen LogP contribution in [0.2, 0.25) is 0 Å². The van der Waals surface area contributed by atoms with Crippen LogP contribution in [0.3, 0.4) is 0 Å². The Bertz CT molecular complexity index is 791. The smallest absolute Gasteiger partial charge is 0.246 e. The highest BCUT2D eigenvalue weighted by Crippen LogP contribution is 2.30. The van der Waals surface area contributed by atoms with Crippen LogP contribution in [-0.2, 0) is 14.8 Å². The highest BCUT2D eigenvalue weighted by Gasteiger charge is 2.35. The topological polar surface area (TPSA) is 75.7 Å². The normalized spacial score (nSPS) is 22.4. The van der Waals surface area contributed by atoms with Crippen LogP contribution in [0.25, 0.3) is 0 Å². The van der Waals surface area contributed by atoms with E-state index in [2.05, 4.69) is 5.32 Å². The van der Waals surface area contributed by atoms with E-state index in [9.17, 15) is 17.6 Å². The van der Waals surface area contributed by atoms with Gasteiger partial charge >= 0.3 is 0 Å². The van der Waals surface area contributed by atoms with Crippen molar-refractivity contribution < 1.29 is 22.3 Å². The summed E-state index contributed by atoms with van der Waals surface area (Å²) in [5.74, 6) is -0.991. The quantitative estimate of drug-likeness (QED) is 0.754. The summed E-state index contributed by atoms with van der Waals surface area (Å²) in [7, 11) is -2.59. The number of halogens is 1. The van der Waals surface area contributed by atoms with Crippen molar-refractivity contribution in [1.82, 2.24) is 9.62 Å². The molecular weight excluding hydrogens is 383 g/mol. The molecule has 1 heterocycles. The third kappa shape index (κ3) is 4.84. The molecule has 0 radical (unpaired) electrons. The maximum absolute atomic E-state index is 13.7. The number of nitrogens with zero attached hydrogens (tertiary/aromatic N) is 1. The second kappa shape index (κ2) is 9.22. The van der Waals surface area contributed by atoms with Gasteiger partial charge in [0.05, 0.1) is 13.0 Å². The van der Waals surface area contributed by atoms with E-state index in [1.165, 1.54) is 30.3 Å². The lowest BCUT2D eigenvalue weighted by molar-refractivity contribution is -0.126. The van der Waals surface area contributed by atoms with E-state index in [0.29, 0.717) is 19.4 Å². The van der Waals surface area contributed by atoms with Crippen LogP contribution in [0.4, 0.5) is 4.39 Å². The Balaban J connectivity index is 1.71. The lowest BCUT2D eigenvalue weighted by Gasteiger charge is -2.32. The van der Waals surface area contributed by atoms with E-state index in [0.717, 1.165) is 37.8 Å². The van der Waals surface area contributed by atoms with Crippen molar-refractivity contribution in [2.75, 3.05) is 20.2 Å². The number of carbonyl (C=O) groups excluding carboxylic acids is 1. The van der Waals surface area contributed by atoms with Gasteiger partial charge in [-0.15, -0.1) is 0 Å². The number of piperidine rings is 1. The van der Waals surface area contributed by atoms with Gasteiger partial charge < -0.3 is 10.1 Å². The largest absolute Gasteiger partial charge is 0.495 e. The number of benzene rings is 1. The van der Waals surface area contributed by atoms with Crippen LogP contribution < -0.4 is 10.1 Å². The summed E-state index contributed by atoms with van der Waals surface area (Å²) < 4.78 is 46.2. The summed E-state index contributed by atoms with van der Waals surface area (Å²) in [5.41, 5.74) is 0. The molecule has 1 aromatic rings. The van der Waals surface area contributed by atoms with Gasteiger partial charge in [0.2, 0.25) is 15.9 Å². The SMILES string of the molecule is COc1ccc(F)cc1S(=O)(=O)N1CCC[C@H](C(=O)NC2CCCCCC2)C1. The first-order valence-corrected chi connectivity index (χ1v) is 11.5. The average Bonchev–Trinajstić information content (AvgIpc) is 2.96. The van der Waals surface area contributed by atoms with E-state index in [1.54, 1.807) is 0 Å². The number of amides is 1. The highest BCUT2D eigenvalue weighted by atomic mass is 32.2. The molecule has 156 valence electrons. The molecule has 3 rings (SSSR count). The zero-order valence-electron chi connectivity index (χ0n) is 16.3. The first-order valence-electron chi connectivity index (χ1n) is 10.1. The van der Waals surface area contributed by atoms with Gasteiger partial charge in [0, 0.05) is 19.1 Å². The summed E-state index contributed by atoms with van der Waals surface area (Å²) in [6.07, 6.45) is 7.88.